The van der Waals surface area contributed by atoms with Crippen LogP contribution in [0.3, 0.4) is 0 Å². The quantitative estimate of drug-likeness (QED) is 0.644. The molecule has 0 bridgehead atoms. The summed E-state index contributed by atoms with van der Waals surface area (Å²) in [6.45, 7) is 2.86. The highest BCUT2D eigenvalue weighted by molar-refractivity contribution is 5.98. The molecule has 0 unspecified atom stereocenters. The van der Waals surface area contributed by atoms with Gasteiger partial charge in [0.2, 0.25) is 5.75 Å². The summed E-state index contributed by atoms with van der Waals surface area (Å²) in [4.78, 5) is 22.0. The lowest BCUT2D eigenvalue weighted by atomic mass is 10.0. The second-order valence-corrected chi connectivity index (χ2v) is 5.02. The molecule has 0 radical (unpaired) electrons. The molecule has 2 N–H and O–H groups in total. The summed E-state index contributed by atoms with van der Waals surface area (Å²) in [5.74, 6) is -1.17. The van der Waals surface area contributed by atoms with Crippen LogP contribution in [0.15, 0.2) is 18.2 Å². The maximum atomic E-state index is 12.0. The Labute approximate surface area is 115 Å². The minimum Gasteiger partial charge on any atom is -0.502 e. The minimum absolute atomic E-state index is 0.110. The van der Waals surface area contributed by atoms with Gasteiger partial charge in [-0.05, 0) is 25.8 Å². The third kappa shape index (κ3) is 2.88. The molecule has 0 spiro atoms. The molecule has 20 heavy (non-hydrogen) atoms. The molecular formula is C13H16N2O5. The van der Waals surface area contributed by atoms with Crippen LogP contribution in [0.25, 0.3) is 0 Å². The zero-order valence-electron chi connectivity index (χ0n) is 11.1. The van der Waals surface area contributed by atoms with Gasteiger partial charge in [0.15, 0.2) is 0 Å². The van der Waals surface area contributed by atoms with Gasteiger partial charge in [-0.1, -0.05) is 6.07 Å². The van der Waals surface area contributed by atoms with E-state index in [1.54, 1.807) is 0 Å². The van der Waals surface area contributed by atoms with Crippen molar-refractivity contribution < 1.29 is 19.6 Å². The molecule has 1 atom stereocenters. The van der Waals surface area contributed by atoms with E-state index < -0.39 is 27.9 Å². The number of nitrogens with zero attached hydrogens (tertiary/aromatic N) is 1. The first-order valence-electron chi connectivity index (χ1n) is 6.31. The van der Waals surface area contributed by atoms with E-state index in [2.05, 4.69) is 5.32 Å². The third-order valence-corrected chi connectivity index (χ3v) is 3.38. The molecule has 1 saturated heterocycles. The standard InChI is InChI=1S/C13H16N2O5/c1-13(6-3-7-20-13)8-14-12(17)9-4-2-5-10(11(9)16)15(18)19/h2,4-5,16H,3,6-8H2,1H3,(H,14,17)/t13-/m0/s1. The van der Waals surface area contributed by atoms with E-state index in [9.17, 15) is 20.0 Å². The van der Waals surface area contributed by atoms with Gasteiger partial charge in [0, 0.05) is 19.2 Å². The van der Waals surface area contributed by atoms with Crippen molar-refractivity contribution in [1.29, 1.82) is 0 Å². The summed E-state index contributed by atoms with van der Waals surface area (Å²) in [6, 6.07) is 3.85. The first-order chi connectivity index (χ1) is 9.43. The van der Waals surface area contributed by atoms with Crippen molar-refractivity contribution in [2.45, 2.75) is 25.4 Å². The number of phenols is 1. The molecule has 108 valence electrons. The van der Waals surface area contributed by atoms with Gasteiger partial charge >= 0.3 is 5.69 Å². The Balaban J connectivity index is 2.09. The fraction of sp³-hybridized carbons (Fsp3) is 0.462. The SMILES string of the molecule is C[C@@]1(CNC(=O)c2cccc([N+](=O)[O-])c2O)CCCO1. The molecule has 1 aliphatic rings. The highest BCUT2D eigenvalue weighted by Crippen LogP contribution is 2.29. The number of para-hydroxylation sites is 1. The molecule has 0 saturated carbocycles. The highest BCUT2D eigenvalue weighted by atomic mass is 16.6. The van der Waals surface area contributed by atoms with Gasteiger partial charge in [-0.15, -0.1) is 0 Å². The highest BCUT2D eigenvalue weighted by Gasteiger charge is 2.30. The van der Waals surface area contributed by atoms with E-state index >= 15 is 0 Å². The van der Waals surface area contributed by atoms with Crippen LogP contribution in [0.1, 0.15) is 30.1 Å². The summed E-state index contributed by atoms with van der Waals surface area (Å²) in [7, 11) is 0. The van der Waals surface area contributed by atoms with Crippen LogP contribution < -0.4 is 5.32 Å². The molecule has 1 aromatic carbocycles. The van der Waals surface area contributed by atoms with Crippen molar-refractivity contribution >= 4 is 11.6 Å². The predicted octanol–water partition coefficient (Wildman–Crippen LogP) is 1.60. The van der Waals surface area contributed by atoms with Crippen LogP contribution in [0.4, 0.5) is 5.69 Å². The number of amides is 1. The second kappa shape index (κ2) is 5.46. The first kappa shape index (κ1) is 14.3. The van der Waals surface area contributed by atoms with E-state index in [1.807, 2.05) is 6.92 Å². The summed E-state index contributed by atoms with van der Waals surface area (Å²) >= 11 is 0. The van der Waals surface area contributed by atoms with Gasteiger partial charge in [-0.2, -0.15) is 0 Å². The lowest BCUT2D eigenvalue weighted by Crippen LogP contribution is -2.40. The second-order valence-electron chi connectivity index (χ2n) is 5.02. The number of nitro groups is 1. The topological polar surface area (TPSA) is 102 Å². The van der Waals surface area contributed by atoms with Gasteiger partial charge in [-0.25, -0.2) is 0 Å². The molecule has 7 heteroatoms. The van der Waals surface area contributed by atoms with Crippen molar-refractivity contribution in [3.05, 3.63) is 33.9 Å². The smallest absolute Gasteiger partial charge is 0.311 e. The van der Waals surface area contributed by atoms with Crippen molar-refractivity contribution in [3.8, 4) is 5.75 Å². The number of nitrogens with one attached hydrogen (secondary N) is 1. The molecule has 0 aliphatic carbocycles. The summed E-state index contributed by atoms with van der Waals surface area (Å²) < 4.78 is 5.53. The average Bonchev–Trinajstić information content (AvgIpc) is 2.83. The average molecular weight is 280 g/mol. The Hall–Kier alpha value is -2.15. The van der Waals surface area contributed by atoms with Crippen molar-refractivity contribution in [1.82, 2.24) is 5.32 Å². The minimum atomic E-state index is -0.729. The fourth-order valence-electron chi connectivity index (χ4n) is 2.20. The lowest BCUT2D eigenvalue weighted by molar-refractivity contribution is -0.385. The Kier molecular flexibility index (Phi) is 3.89. The zero-order chi connectivity index (χ0) is 14.8. The van der Waals surface area contributed by atoms with Crippen LogP contribution in [0.5, 0.6) is 5.75 Å². The van der Waals surface area contributed by atoms with Crippen molar-refractivity contribution in [2.24, 2.45) is 0 Å². The zero-order valence-corrected chi connectivity index (χ0v) is 11.1. The lowest BCUT2D eigenvalue weighted by Gasteiger charge is -2.23. The van der Waals surface area contributed by atoms with Crippen LogP contribution in [-0.2, 0) is 4.74 Å². The van der Waals surface area contributed by atoms with Crippen LogP contribution in [-0.4, -0.2) is 34.7 Å². The normalized spacial score (nSPS) is 21.6. The molecule has 7 nitrogen and oxygen atoms in total. The number of carbonyl (C=O) groups excluding carboxylic acids is 1. The van der Waals surface area contributed by atoms with Gasteiger partial charge in [-0.3, -0.25) is 14.9 Å². The van der Waals surface area contributed by atoms with E-state index in [0.717, 1.165) is 18.9 Å². The first-order valence-corrected chi connectivity index (χ1v) is 6.31. The molecule has 1 aromatic rings. The number of carbonyl (C=O) groups is 1. The molecule has 1 aliphatic heterocycles. The summed E-state index contributed by atoms with van der Waals surface area (Å²) in [5, 5.41) is 23.1. The van der Waals surface area contributed by atoms with Gasteiger partial charge in [0.25, 0.3) is 5.91 Å². The number of rotatable bonds is 4. The van der Waals surface area contributed by atoms with E-state index in [4.69, 9.17) is 4.74 Å². The van der Waals surface area contributed by atoms with E-state index in [0.29, 0.717) is 13.2 Å². The van der Waals surface area contributed by atoms with Gasteiger partial charge in [0.1, 0.15) is 0 Å². The molecule has 1 heterocycles. The molecular weight excluding hydrogens is 264 g/mol. The Morgan fingerprint density at radius 3 is 2.95 bits per heavy atom. The maximum Gasteiger partial charge on any atom is 0.311 e. The van der Waals surface area contributed by atoms with Gasteiger partial charge < -0.3 is 15.2 Å². The molecule has 2 rings (SSSR count). The Morgan fingerprint density at radius 2 is 2.35 bits per heavy atom. The fourth-order valence-corrected chi connectivity index (χ4v) is 2.20. The van der Waals surface area contributed by atoms with Crippen molar-refractivity contribution in [3.63, 3.8) is 0 Å². The molecule has 1 amide bonds. The predicted molar refractivity (Wildman–Crippen MR) is 70.7 cm³/mol. The van der Waals surface area contributed by atoms with E-state index in [-0.39, 0.29) is 5.56 Å². The number of aromatic hydroxyl groups is 1. The van der Waals surface area contributed by atoms with Crippen LogP contribution in [0, 0.1) is 10.1 Å². The van der Waals surface area contributed by atoms with Crippen molar-refractivity contribution in [2.75, 3.05) is 13.2 Å². The third-order valence-electron chi connectivity index (χ3n) is 3.38. The van der Waals surface area contributed by atoms with Crippen LogP contribution >= 0.6 is 0 Å². The summed E-state index contributed by atoms with van der Waals surface area (Å²) in [6.07, 6.45) is 1.78. The number of hydrogen-bond donors (Lipinski definition) is 2. The monoisotopic (exact) mass is 280 g/mol. The summed E-state index contributed by atoms with van der Waals surface area (Å²) in [5.41, 5.74) is -1.01. The number of ether oxygens (including phenoxy) is 1. The Bertz CT molecular complexity index is 538. The van der Waals surface area contributed by atoms with Crippen LogP contribution in [0.2, 0.25) is 0 Å². The number of phenolic OH excluding ortho intramolecular Hbond substituents is 1. The maximum absolute atomic E-state index is 12.0. The number of hydrogen-bond acceptors (Lipinski definition) is 5. The number of nitro benzene ring substituents is 1. The molecule has 1 fully saturated rings. The number of benzene rings is 1. The van der Waals surface area contributed by atoms with Gasteiger partial charge in [0.05, 0.1) is 16.1 Å². The molecule has 0 aromatic heterocycles. The largest absolute Gasteiger partial charge is 0.502 e. The Morgan fingerprint density at radius 1 is 1.60 bits per heavy atom. The van der Waals surface area contributed by atoms with E-state index in [1.165, 1.54) is 12.1 Å².